The zero-order valence-corrected chi connectivity index (χ0v) is 20.9. The highest BCUT2D eigenvalue weighted by molar-refractivity contribution is 5.70. The van der Waals surface area contributed by atoms with Crippen LogP contribution in [0.5, 0.6) is 5.75 Å². The van der Waals surface area contributed by atoms with Crippen LogP contribution in [0.4, 0.5) is 5.82 Å². The quantitative estimate of drug-likeness (QED) is 0.526. The summed E-state index contributed by atoms with van der Waals surface area (Å²) < 4.78 is 13.4. The van der Waals surface area contributed by atoms with Gasteiger partial charge in [-0.1, -0.05) is 32.9 Å². The van der Waals surface area contributed by atoms with Crippen molar-refractivity contribution in [3.05, 3.63) is 42.1 Å². The Hall–Kier alpha value is -2.68. The number of hydrogen-bond donors (Lipinski definition) is 2. The van der Waals surface area contributed by atoms with Gasteiger partial charge in [0.15, 0.2) is 5.65 Å². The number of ether oxygens (including phenoxy) is 2. The summed E-state index contributed by atoms with van der Waals surface area (Å²) in [5.41, 5.74) is 3.73. The Balaban J connectivity index is 1.74. The number of hydrogen-bond acceptors (Lipinski definition) is 7. The van der Waals surface area contributed by atoms with Gasteiger partial charge in [-0.3, -0.25) is 0 Å². The standard InChI is InChI=1S/C26H37N5O3/c1-26(2,3)22-16-28-31-24(30(5)19-9-11-33-12-10-19)14-23(29-25(22)31)18-7-6-8-21(13-18)34-17-20(32)15-27-4/h6-8,13-14,16,19-20,27,32H,9-12,15,17H2,1-5H3. The smallest absolute Gasteiger partial charge is 0.161 e. The number of fused-ring (bicyclic) bond motifs is 1. The number of likely N-dealkylation sites (N-methyl/N-ethyl adjacent to an activating group) is 1. The van der Waals surface area contributed by atoms with Gasteiger partial charge in [-0.05, 0) is 37.4 Å². The monoisotopic (exact) mass is 467 g/mol. The molecule has 184 valence electrons. The van der Waals surface area contributed by atoms with E-state index in [9.17, 15) is 5.11 Å². The SMILES string of the molecule is CNCC(O)COc1cccc(-c2cc(N(C)C3CCOCC3)n3ncc(C(C)(C)C)c3n2)c1. The Bertz CT molecular complexity index is 1100. The maximum Gasteiger partial charge on any atom is 0.161 e. The van der Waals surface area contributed by atoms with Crippen molar-refractivity contribution < 1.29 is 14.6 Å². The summed E-state index contributed by atoms with van der Waals surface area (Å²) >= 11 is 0. The molecule has 1 atom stereocenters. The molecule has 0 amide bonds. The second-order valence-corrected chi connectivity index (χ2v) is 10.0. The van der Waals surface area contributed by atoms with Crippen LogP contribution >= 0.6 is 0 Å². The second kappa shape index (κ2) is 10.3. The Morgan fingerprint density at radius 1 is 1.26 bits per heavy atom. The van der Waals surface area contributed by atoms with Crippen LogP contribution < -0.4 is 15.0 Å². The van der Waals surface area contributed by atoms with Gasteiger partial charge in [0.2, 0.25) is 0 Å². The van der Waals surface area contributed by atoms with E-state index in [1.54, 1.807) is 0 Å². The molecule has 8 heteroatoms. The zero-order valence-electron chi connectivity index (χ0n) is 20.9. The van der Waals surface area contributed by atoms with Crippen LogP contribution in [-0.2, 0) is 10.2 Å². The summed E-state index contributed by atoms with van der Waals surface area (Å²) in [6.07, 6.45) is 3.35. The molecule has 2 N–H and O–H groups in total. The first-order valence-corrected chi connectivity index (χ1v) is 12.0. The molecule has 1 aliphatic rings. The van der Waals surface area contributed by atoms with Crippen LogP contribution in [0.25, 0.3) is 16.9 Å². The van der Waals surface area contributed by atoms with Crippen LogP contribution in [0.15, 0.2) is 36.5 Å². The topological polar surface area (TPSA) is 84.1 Å². The summed E-state index contributed by atoms with van der Waals surface area (Å²) in [6.45, 7) is 8.83. The van der Waals surface area contributed by atoms with Gasteiger partial charge < -0.3 is 24.8 Å². The average Bonchev–Trinajstić information content (AvgIpc) is 3.27. The van der Waals surface area contributed by atoms with E-state index in [1.807, 2.05) is 42.0 Å². The third-order valence-electron chi connectivity index (χ3n) is 6.37. The van der Waals surface area contributed by atoms with Crippen molar-refractivity contribution in [2.75, 3.05) is 45.4 Å². The van der Waals surface area contributed by atoms with Gasteiger partial charge in [0.05, 0.1) is 11.9 Å². The molecule has 0 spiro atoms. The molecule has 0 radical (unpaired) electrons. The minimum absolute atomic E-state index is 0.0870. The number of nitrogens with one attached hydrogen (secondary N) is 1. The molecule has 1 unspecified atom stereocenters. The molecule has 0 aliphatic carbocycles. The first kappa shape index (κ1) is 24.4. The summed E-state index contributed by atoms with van der Waals surface area (Å²) in [7, 11) is 3.94. The van der Waals surface area contributed by atoms with Crippen molar-refractivity contribution in [2.24, 2.45) is 0 Å². The molecular weight excluding hydrogens is 430 g/mol. The Kier molecular flexibility index (Phi) is 7.40. The predicted molar refractivity (Wildman–Crippen MR) is 135 cm³/mol. The van der Waals surface area contributed by atoms with Crippen molar-refractivity contribution in [3.8, 4) is 17.0 Å². The Morgan fingerprint density at radius 3 is 2.74 bits per heavy atom. The normalized spacial score (nSPS) is 16.1. The summed E-state index contributed by atoms with van der Waals surface area (Å²) in [5, 5.41) is 17.7. The van der Waals surface area contributed by atoms with Gasteiger partial charge in [-0.15, -0.1) is 0 Å². The van der Waals surface area contributed by atoms with Gasteiger partial charge in [0, 0.05) is 50.0 Å². The lowest BCUT2D eigenvalue weighted by atomic mass is 9.89. The number of aliphatic hydroxyl groups is 1. The summed E-state index contributed by atoms with van der Waals surface area (Å²) in [5.74, 6) is 1.72. The maximum atomic E-state index is 10.00. The van der Waals surface area contributed by atoms with E-state index in [0.717, 1.165) is 54.3 Å². The van der Waals surface area contributed by atoms with Gasteiger partial charge in [-0.25, -0.2) is 4.98 Å². The highest BCUT2D eigenvalue weighted by Crippen LogP contribution is 2.33. The van der Waals surface area contributed by atoms with E-state index in [4.69, 9.17) is 19.6 Å². The first-order chi connectivity index (χ1) is 16.3. The second-order valence-electron chi connectivity index (χ2n) is 10.0. The van der Waals surface area contributed by atoms with Crippen molar-refractivity contribution in [2.45, 2.75) is 51.2 Å². The van der Waals surface area contributed by atoms with Gasteiger partial charge in [0.1, 0.15) is 24.3 Å². The fraction of sp³-hybridized carbons (Fsp3) is 0.538. The minimum Gasteiger partial charge on any atom is -0.491 e. The zero-order chi connectivity index (χ0) is 24.3. The average molecular weight is 468 g/mol. The van der Waals surface area contributed by atoms with Crippen LogP contribution in [0.3, 0.4) is 0 Å². The Labute approximate surface area is 201 Å². The molecule has 1 fully saturated rings. The molecule has 4 rings (SSSR count). The van der Waals surface area contributed by atoms with Gasteiger partial charge in [-0.2, -0.15) is 9.61 Å². The van der Waals surface area contributed by atoms with E-state index in [-0.39, 0.29) is 12.0 Å². The molecule has 1 saturated heterocycles. The van der Waals surface area contributed by atoms with E-state index in [1.165, 1.54) is 0 Å². The molecule has 0 bridgehead atoms. The Morgan fingerprint density at radius 2 is 2.03 bits per heavy atom. The van der Waals surface area contributed by atoms with Crippen molar-refractivity contribution in [1.29, 1.82) is 0 Å². The fourth-order valence-corrected chi connectivity index (χ4v) is 4.37. The lowest BCUT2D eigenvalue weighted by Crippen LogP contribution is -2.37. The highest BCUT2D eigenvalue weighted by Gasteiger charge is 2.26. The molecule has 2 aromatic heterocycles. The first-order valence-electron chi connectivity index (χ1n) is 12.0. The van der Waals surface area contributed by atoms with Gasteiger partial charge >= 0.3 is 0 Å². The maximum absolute atomic E-state index is 10.00. The lowest BCUT2D eigenvalue weighted by molar-refractivity contribution is 0.0853. The van der Waals surface area contributed by atoms with Crippen LogP contribution in [0.1, 0.15) is 39.2 Å². The van der Waals surface area contributed by atoms with Crippen LogP contribution in [-0.4, -0.2) is 72.3 Å². The molecule has 8 nitrogen and oxygen atoms in total. The van der Waals surface area contributed by atoms with E-state index in [2.05, 4.69) is 44.1 Å². The molecule has 0 saturated carbocycles. The van der Waals surface area contributed by atoms with Crippen LogP contribution in [0.2, 0.25) is 0 Å². The minimum atomic E-state index is -0.566. The van der Waals surface area contributed by atoms with Crippen molar-refractivity contribution in [3.63, 3.8) is 0 Å². The molecule has 34 heavy (non-hydrogen) atoms. The molecule has 1 aromatic carbocycles. The van der Waals surface area contributed by atoms with Gasteiger partial charge in [0.25, 0.3) is 0 Å². The van der Waals surface area contributed by atoms with E-state index < -0.39 is 6.10 Å². The predicted octanol–water partition coefficient (Wildman–Crippen LogP) is 3.27. The third kappa shape index (κ3) is 5.35. The van der Waals surface area contributed by atoms with Crippen molar-refractivity contribution in [1.82, 2.24) is 19.9 Å². The summed E-state index contributed by atoms with van der Waals surface area (Å²) in [4.78, 5) is 7.37. The highest BCUT2D eigenvalue weighted by atomic mass is 16.5. The fourth-order valence-electron chi connectivity index (χ4n) is 4.37. The van der Waals surface area contributed by atoms with Crippen LogP contribution in [0, 0.1) is 0 Å². The largest absolute Gasteiger partial charge is 0.491 e. The molecule has 3 heterocycles. The number of anilines is 1. The van der Waals surface area contributed by atoms with Crippen molar-refractivity contribution >= 4 is 11.5 Å². The van der Waals surface area contributed by atoms with E-state index >= 15 is 0 Å². The molecule has 1 aliphatic heterocycles. The molecular formula is C26H37N5O3. The number of aliphatic hydroxyl groups excluding tert-OH is 1. The third-order valence-corrected chi connectivity index (χ3v) is 6.37. The number of rotatable bonds is 8. The number of aromatic nitrogens is 3. The number of nitrogens with zero attached hydrogens (tertiary/aromatic N) is 4. The number of benzene rings is 1. The summed E-state index contributed by atoms with van der Waals surface area (Å²) in [6, 6.07) is 10.4. The molecule has 3 aromatic rings. The lowest BCUT2D eigenvalue weighted by Gasteiger charge is -2.33. The van der Waals surface area contributed by atoms with E-state index in [0.29, 0.717) is 18.3 Å².